The lowest BCUT2D eigenvalue weighted by atomic mass is 9.82. The molecule has 2 aromatic heterocycles. The molecule has 0 saturated carbocycles. The molecule has 192 valence electrons. The van der Waals surface area contributed by atoms with Crippen LogP contribution >= 0.6 is 0 Å². The molecular weight excluding hydrogens is 478 g/mol. The molecule has 38 heavy (non-hydrogen) atoms. The highest BCUT2D eigenvalue weighted by atomic mass is 16.5. The lowest BCUT2D eigenvalue weighted by Crippen LogP contribution is -2.40. The number of rotatable bonds is 8. The molecule has 5 rings (SSSR count). The monoisotopic (exact) mass is 507 g/mol. The number of aromatic nitrogens is 3. The smallest absolute Gasteiger partial charge is 0.262 e. The summed E-state index contributed by atoms with van der Waals surface area (Å²) < 4.78 is 7.21. The molecule has 0 spiro atoms. The summed E-state index contributed by atoms with van der Waals surface area (Å²) in [6.45, 7) is 5.15. The van der Waals surface area contributed by atoms with Crippen molar-refractivity contribution in [3.8, 4) is 5.88 Å². The molecule has 0 bridgehead atoms. The summed E-state index contributed by atoms with van der Waals surface area (Å²) in [5.41, 5.74) is 5.25. The summed E-state index contributed by atoms with van der Waals surface area (Å²) in [6, 6.07) is 22.5. The molecule has 2 aromatic carbocycles. The van der Waals surface area contributed by atoms with Crippen molar-refractivity contribution in [2.45, 2.75) is 26.0 Å². The van der Waals surface area contributed by atoms with Crippen molar-refractivity contribution in [1.82, 2.24) is 14.8 Å². The molecular formula is C30H29N5O3. The van der Waals surface area contributed by atoms with Gasteiger partial charge in [-0.3, -0.25) is 9.48 Å². The van der Waals surface area contributed by atoms with E-state index >= 15 is 0 Å². The highest BCUT2D eigenvalue weighted by molar-refractivity contribution is 6.06. The van der Waals surface area contributed by atoms with Crippen LogP contribution in [0.25, 0.3) is 6.08 Å². The molecule has 4 aromatic rings. The van der Waals surface area contributed by atoms with Gasteiger partial charge in [-0.05, 0) is 31.0 Å². The first-order chi connectivity index (χ1) is 18.5. The average molecular weight is 508 g/mol. The summed E-state index contributed by atoms with van der Waals surface area (Å²) in [5, 5.41) is 19.6. The standard InChI is InChI=1S/C30H29N5O3/c1-4-34-19-18-27(33-34)32-28(36)23-20-25-24(31-29(23)38-3)16-17-26(35(25)5-2)30(37,21-12-8-6-9-13-21)22-14-10-7-11-15-22/h6-16,18-20,37H,4-5H2,1-3H3,(H,32,33,36). The molecule has 8 heteroatoms. The van der Waals surface area contributed by atoms with E-state index in [0.717, 1.165) is 0 Å². The number of methoxy groups -OCH3 is 1. The van der Waals surface area contributed by atoms with Gasteiger partial charge in [0.2, 0.25) is 5.88 Å². The van der Waals surface area contributed by atoms with E-state index in [0.29, 0.717) is 47.1 Å². The number of nitrogens with one attached hydrogen (secondary N) is 1. The van der Waals surface area contributed by atoms with E-state index in [4.69, 9.17) is 4.74 Å². The van der Waals surface area contributed by atoms with E-state index in [1.54, 1.807) is 29.1 Å². The van der Waals surface area contributed by atoms with Crippen molar-refractivity contribution in [2.24, 2.45) is 0 Å². The molecule has 0 atom stereocenters. The minimum atomic E-state index is -1.50. The van der Waals surface area contributed by atoms with Crippen LogP contribution in [-0.2, 0) is 12.1 Å². The Labute approximate surface area is 221 Å². The molecule has 0 fully saturated rings. The van der Waals surface area contributed by atoms with E-state index in [-0.39, 0.29) is 11.4 Å². The van der Waals surface area contributed by atoms with Gasteiger partial charge in [-0.2, -0.15) is 5.10 Å². The number of benzene rings is 2. The number of aryl methyl sites for hydroxylation is 1. The minimum Gasteiger partial charge on any atom is -0.480 e. The maximum atomic E-state index is 13.3. The van der Waals surface area contributed by atoms with Gasteiger partial charge in [0.05, 0.1) is 18.5 Å². The van der Waals surface area contributed by atoms with Gasteiger partial charge in [-0.15, -0.1) is 0 Å². The van der Waals surface area contributed by atoms with E-state index in [1.807, 2.05) is 79.4 Å². The molecule has 0 unspecified atom stereocenters. The number of carbonyl (C=O) groups excluding carboxylic acids is 1. The van der Waals surface area contributed by atoms with Gasteiger partial charge in [0, 0.05) is 31.4 Å². The first-order valence-corrected chi connectivity index (χ1v) is 12.5. The number of likely N-dealkylation sites (N-methyl/N-ethyl adjacent to an activating group) is 1. The van der Waals surface area contributed by atoms with Crippen LogP contribution in [0.5, 0.6) is 5.88 Å². The first-order valence-electron chi connectivity index (χ1n) is 12.5. The maximum Gasteiger partial charge on any atom is 0.262 e. The predicted octanol–water partition coefficient (Wildman–Crippen LogP) is 4.83. The number of hydrogen-bond acceptors (Lipinski definition) is 6. The third-order valence-electron chi connectivity index (χ3n) is 6.59. The van der Waals surface area contributed by atoms with Gasteiger partial charge in [0.25, 0.3) is 5.91 Å². The van der Waals surface area contributed by atoms with Gasteiger partial charge in [0.1, 0.15) is 11.3 Å². The van der Waals surface area contributed by atoms with Crippen molar-refractivity contribution in [3.05, 3.63) is 113 Å². The molecule has 8 nitrogen and oxygen atoms in total. The van der Waals surface area contributed by atoms with E-state index < -0.39 is 11.5 Å². The predicted molar refractivity (Wildman–Crippen MR) is 147 cm³/mol. The number of aliphatic hydroxyl groups is 1. The number of nitrogens with zero attached hydrogens (tertiary/aromatic N) is 4. The Morgan fingerprint density at radius 2 is 1.68 bits per heavy atom. The van der Waals surface area contributed by atoms with Crippen molar-refractivity contribution >= 4 is 23.5 Å². The SMILES string of the molecule is CCN1C(C(O)(c2ccccc2)c2ccccc2)=C=Cc2nc(OC)c(C(=O)Nc3ccn(CC)n3)cc21. The third kappa shape index (κ3) is 4.36. The molecule has 2 N–H and O–H groups in total. The Hall–Kier alpha value is -4.65. The molecule has 0 radical (unpaired) electrons. The van der Waals surface area contributed by atoms with Crippen molar-refractivity contribution in [1.29, 1.82) is 0 Å². The van der Waals surface area contributed by atoms with E-state index in [1.165, 1.54) is 7.11 Å². The zero-order valence-electron chi connectivity index (χ0n) is 21.5. The number of fused-ring (bicyclic) bond motifs is 1. The minimum absolute atomic E-state index is 0.190. The van der Waals surface area contributed by atoms with Crippen molar-refractivity contribution in [3.63, 3.8) is 0 Å². The Morgan fingerprint density at radius 1 is 1.03 bits per heavy atom. The Morgan fingerprint density at radius 3 is 2.24 bits per heavy atom. The van der Waals surface area contributed by atoms with Crippen LogP contribution in [-0.4, -0.2) is 39.4 Å². The quantitative estimate of drug-likeness (QED) is 0.332. The van der Waals surface area contributed by atoms with Crippen molar-refractivity contribution < 1.29 is 14.6 Å². The molecule has 0 aliphatic carbocycles. The number of hydrogen-bond donors (Lipinski definition) is 2. The molecule has 1 aliphatic heterocycles. The van der Waals surface area contributed by atoms with E-state index in [9.17, 15) is 9.90 Å². The Bertz CT molecular complexity index is 1480. The fourth-order valence-corrected chi connectivity index (χ4v) is 4.69. The van der Waals surface area contributed by atoms with Crippen LogP contribution in [0.3, 0.4) is 0 Å². The number of anilines is 2. The summed E-state index contributed by atoms with van der Waals surface area (Å²) in [5.74, 6) is 0.234. The van der Waals surface area contributed by atoms with Crippen LogP contribution in [0.1, 0.15) is 41.0 Å². The number of amides is 1. The second-order valence-electron chi connectivity index (χ2n) is 8.78. The zero-order chi connectivity index (χ0) is 26.7. The van der Waals surface area contributed by atoms with Gasteiger partial charge in [-0.1, -0.05) is 66.4 Å². The fraction of sp³-hybridized carbons (Fsp3) is 0.200. The lowest BCUT2D eigenvalue weighted by Gasteiger charge is -2.39. The topological polar surface area (TPSA) is 92.5 Å². The van der Waals surface area contributed by atoms with Gasteiger partial charge >= 0.3 is 0 Å². The largest absolute Gasteiger partial charge is 0.480 e. The third-order valence-corrected chi connectivity index (χ3v) is 6.59. The lowest BCUT2D eigenvalue weighted by molar-refractivity contribution is 0.102. The first kappa shape index (κ1) is 25.0. The van der Waals surface area contributed by atoms with E-state index in [2.05, 4.69) is 21.1 Å². The number of carbonyl (C=O) groups is 1. The van der Waals surface area contributed by atoms with Crippen molar-refractivity contribution in [2.75, 3.05) is 23.9 Å². The highest BCUT2D eigenvalue weighted by Gasteiger charge is 2.41. The van der Waals surface area contributed by atoms with Crippen LogP contribution in [0.4, 0.5) is 11.5 Å². The second kappa shape index (κ2) is 10.4. The molecule has 3 heterocycles. The van der Waals surface area contributed by atoms with Crippen LogP contribution in [0, 0.1) is 0 Å². The van der Waals surface area contributed by atoms with Crippen LogP contribution in [0.15, 0.2) is 90.4 Å². The van der Waals surface area contributed by atoms with Gasteiger partial charge < -0.3 is 20.1 Å². The maximum absolute atomic E-state index is 13.3. The summed E-state index contributed by atoms with van der Waals surface area (Å²) in [4.78, 5) is 19.9. The Kier molecular flexibility index (Phi) is 6.83. The van der Waals surface area contributed by atoms with Gasteiger partial charge in [0.15, 0.2) is 11.4 Å². The number of pyridine rings is 1. The fourth-order valence-electron chi connectivity index (χ4n) is 4.69. The average Bonchev–Trinajstić information content (AvgIpc) is 3.43. The normalized spacial score (nSPS) is 12.6. The summed E-state index contributed by atoms with van der Waals surface area (Å²) in [6.07, 6.45) is 3.52. The number of ether oxygens (including phenoxy) is 1. The summed E-state index contributed by atoms with van der Waals surface area (Å²) in [7, 11) is 1.48. The highest BCUT2D eigenvalue weighted by Crippen LogP contribution is 2.43. The van der Waals surface area contributed by atoms with Crippen LogP contribution < -0.4 is 15.0 Å². The van der Waals surface area contributed by atoms with Gasteiger partial charge in [-0.25, -0.2) is 4.98 Å². The zero-order valence-corrected chi connectivity index (χ0v) is 21.5. The molecule has 0 saturated heterocycles. The molecule has 1 aliphatic rings. The summed E-state index contributed by atoms with van der Waals surface area (Å²) >= 11 is 0. The molecule has 1 amide bonds. The second-order valence-corrected chi connectivity index (χ2v) is 8.78. The Balaban J connectivity index is 1.62. The van der Waals surface area contributed by atoms with Crippen LogP contribution in [0.2, 0.25) is 0 Å².